The van der Waals surface area contributed by atoms with Crippen LogP contribution in [-0.4, -0.2) is 73.7 Å². The van der Waals surface area contributed by atoms with E-state index in [4.69, 9.17) is 10.00 Å². The standard InChI is InChI=1S/C22H27N7O2/c1-15-9-25-22(28-18-5-6-31-13-18)26-11-20(15)29-12-19(27-14-29)21(30)24-10-17-4-2-3-16(7-17)8-23/h4,7,9,11,14,18-20H,2-3,5-6,10,12-13H2,1H3,(H,24,30)(H,25,28). The smallest absolute Gasteiger partial charge is 0.246 e. The van der Waals surface area contributed by atoms with E-state index in [-0.39, 0.29) is 18.0 Å². The average Bonchev–Trinajstić information content (AvgIpc) is 3.45. The fourth-order valence-electron chi connectivity index (χ4n) is 3.86. The van der Waals surface area contributed by atoms with Gasteiger partial charge in [0, 0.05) is 31.1 Å². The van der Waals surface area contributed by atoms with Gasteiger partial charge in [-0.15, -0.1) is 0 Å². The van der Waals surface area contributed by atoms with E-state index in [2.05, 4.69) is 37.8 Å². The molecule has 1 fully saturated rings. The summed E-state index contributed by atoms with van der Waals surface area (Å²) < 4.78 is 5.37. The number of ether oxygens (including phenoxy) is 1. The van der Waals surface area contributed by atoms with Crippen molar-refractivity contribution in [3.8, 4) is 6.07 Å². The van der Waals surface area contributed by atoms with E-state index in [1.165, 1.54) is 0 Å². The van der Waals surface area contributed by atoms with Gasteiger partial charge in [0.2, 0.25) is 11.9 Å². The lowest BCUT2D eigenvalue weighted by Gasteiger charge is -2.24. The van der Waals surface area contributed by atoms with Crippen molar-refractivity contribution < 1.29 is 9.53 Å². The normalized spacial score (nSPS) is 29.0. The highest BCUT2D eigenvalue weighted by molar-refractivity contribution is 5.93. The van der Waals surface area contributed by atoms with Gasteiger partial charge in [0.25, 0.3) is 0 Å². The first kappa shape index (κ1) is 21.0. The molecule has 2 N–H and O–H groups in total. The van der Waals surface area contributed by atoms with Crippen molar-refractivity contribution >= 4 is 24.4 Å². The largest absolute Gasteiger partial charge is 0.379 e. The van der Waals surface area contributed by atoms with E-state index in [0.717, 1.165) is 42.6 Å². The van der Waals surface area contributed by atoms with E-state index < -0.39 is 6.04 Å². The van der Waals surface area contributed by atoms with Crippen molar-refractivity contribution in [2.75, 3.05) is 26.3 Å². The van der Waals surface area contributed by atoms with Gasteiger partial charge in [0.1, 0.15) is 6.04 Å². The SMILES string of the molecule is CC1=CNC(=NC2CCOC2)N=CC1N1C=NC(C(=O)NCC2=CCCC(C#N)=C2)C1. The van der Waals surface area contributed by atoms with Gasteiger partial charge >= 0.3 is 0 Å². The molecule has 4 aliphatic rings. The molecule has 3 heterocycles. The Morgan fingerprint density at radius 3 is 3.23 bits per heavy atom. The minimum Gasteiger partial charge on any atom is -0.379 e. The maximum absolute atomic E-state index is 12.6. The maximum Gasteiger partial charge on any atom is 0.246 e. The van der Waals surface area contributed by atoms with Crippen LogP contribution in [0.4, 0.5) is 0 Å². The summed E-state index contributed by atoms with van der Waals surface area (Å²) in [5.74, 6) is 0.458. The third-order valence-electron chi connectivity index (χ3n) is 5.67. The first-order valence-corrected chi connectivity index (χ1v) is 10.6. The monoisotopic (exact) mass is 421 g/mol. The molecule has 3 atom stereocenters. The predicted octanol–water partition coefficient (Wildman–Crippen LogP) is 1.08. The summed E-state index contributed by atoms with van der Waals surface area (Å²) in [4.78, 5) is 28.1. The van der Waals surface area contributed by atoms with Crippen LogP contribution in [0.25, 0.3) is 0 Å². The Morgan fingerprint density at radius 1 is 1.52 bits per heavy atom. The molecule has 0 bridgehead atoms. The van der Waals surface area contributed by atoms with Crippen molar-refractivity contribution in [2.45, 2.75) is 44.3 Å². The molecule has 162 valence electrons. The average molecular weight is 422 g/mol. The highest BCUT2D eigenvalue weighted by atomic mass is 16.5. The second-order valence-corrected chi connectivity index (χ2v) is 8.02. The number of carbonyl (C=O) groups excluding carboxylic acids is 1. The molecule has 3 unspecified atom stereocenters. The third-order valence-corrected chi connectivity index (χ3v) is 5.67. The highest BCUT2D eigenvalue weighted by Crippen LogP contribution is 2.17. The zero-order valence-electron chi connectivity index (χ0n) is 17.6. The molecule has 1 aliphatic carbocycles. The van der Waals surface area contributed by atoms with Crippen LogP contribution in [0.15, 0.2) is 50.0 Å². The Balaban J connectivity index is 1.32. The van der Waals surface area contributed by atoms with Crippen LogP contribution >= 0.6 is 0 Å². The van der Waals surface area contributed by atoms with Crippen molar-refractivity contribution in [1.82, 2.24) is 15.5 Å². The van der Waals surface area contributed by atoms with Crippen molar-refractivity contribution in [3.63, 3.8) is 0 Å². The van der Waals surface area contributed by atoms with Gasteiger partial charge in [-0.1, -0.05) is 6.08 Å². The number of guanidine groups is 1. The molecule has 0 radical (unpaired) electrons. The summed E-state index contributed by atoms with van der Waals surface area (Å²) in [6, 6.07) is 1.77. The minimum atomic E-state index is -0.468. The summed E-state index contributed by atoms with van der Waals surface area (Å²) in [6.07, 6.45) is 11.9. The predicted molar refractivity (Wildman–Crippen MR) is 119 cm³/mol. The number of nitrogens with zero attached hydrogens (tertiary/aromatic N) is 5. The summed E-state index contributed by atoms with van der Waals surface area (Å²) in [7, 11) is 0. The van der Waals surface area contributed by atoms with Gasteiger partial charge < -0.3 is 20.3 Å². The Kier molecular flexibility index (Phi) is 6.57. The Bertz CT molecular complexity index is 932. The van der Waals surface area contributed by atoms with Gasteiger partial charge in [-0.2, -0.15) is 5.26 Å². The zero-order chi connectivity index (χ0) is 21.6. The van der Waals surface area contributed by atoms with Crippen molar-refractivity contribution in [2.24, 2.45) is 15.0 Å². The van der Waals surface area contributed by atoms with E-state index in [1.807, 2.05) is 30.3 Å². The number of amides is 1. The van der Waals surface area contributed by atoms with Gasteiger partial charge in [-0.3, -0.25) is 9.79 Å². The molecule has 4 rings (SSSR count). The van der Waals surface area contributed by atoms with Crippen LogP contribution in [0, 0.1) is 11.3 Å². The molecule has 0 aromatic rings. The first-order chi connectivity index (χ1) is 15.1. The van der Waals surface area contributed by atoms with Crippen LogP contribution in [0.5, 0.6) is 0 Å². The van der Waals surface area contributed by atoms with Crippen LogP contribution in [-0.2, 0) is 9.53 Å². The van der Waals surface area contributed by atoms with Crippen LogP contribution < -0.4 is 10.6 Å². The maximum atomic E-state index is 12.6. The van der Waals surface area contributed by atoms with Gasteiger partial charge in [0.15, 0.2) is 0 Å². The molecule has 9 heteroatoms. The molecule has 31 heavy (non-hydrogen) atoms. The number of hydrogen-bond donors (Lipinski definition) is 2. The molecule has 0 saturated carbocycles. The molecule has 0 aromatic carbocycles. The molecule has 3 aliphatic heterocycles. The topological polar surface area (TPSA) is 114 Å². The Hall–Kier alpha value is -3.25. The van der Waals surface area contributed by atoms with Crippen LogP contribution in [0.1, 0.15) is 26.2 Å². The van der Waals surface area contributed by atoms with Gasteiger partial charge in [-0.25, -0.2) is 9.98 Å². The molecule has 1 saturated heterocycles. The summed E-state index contributed by atoms with van der Waals surface area (Å²) in [5, 5.41) is 15.2. The third kappa shape index (κ3) is 5.27. The van der Waals surface area contributed by atoms with Gasteiger partial charge in [-0.05, 0) is 43.4 Å². The minimum absolute atomic E-state index is 0.0937. The number of hydrogen-bond acceptors (Lipinski definition) is 6. The number of allylic oxidation sites excluding steroid dienone is 2. The fraction of sp³-hybridized carbons (Fsp3) is 0.500. The lowest BCUT2D eigenvalue weighted by molar-refractivity contribution is -0.122. The quantitative estimate of drug-likeness (QED) is 0.689. The van der Waals surface area contributed by atoms with Crippen LogP contribution in [0.3, 0.4) is 0 Å². The Labute approximate surface area is 182 Å². The lowest BCUT2D eigenvalue weighted by atomic mass is 10.0. The van der Waals surface area contributed by atoms with E-state index >= 15 is 0 Å². The van der Waals surface area contributed by atoms with E-state index in [9.17, 15) is 4.79 Å². The number of nitriles is 1. The van der Waals surface area contributed by atoms with E-state index in [0.29, 0.717) is 25.7 Å². The fourth-order valence-corrected chi connectivity index (χ4v) is 3.86. The van der Waals surface area contributed by atoms with Crippen molar-refractivity contribution in [1.29, 1.82) is 5.26 Å². The lowest BCUT2D eigenvalue weighted by Crippen LogP contribution is -2.41. The zero-order valence-corrected chi connectivity index (χ0v) is 17.6. The molecule has 1 amide bonds. The number of carbonyl (C=O) groups is 1. The summed E-state index contributed by atoms with van der Waals surface area (Å²) >= 11 is 0. The molecule has 0 spiro atoms. The van der Waals surface area contributed by atoms with E-state index in [1.54, 1.807) is 6.34 Å². The summed E-state index contributed by atoms with van der Waals surface area (Å²) in [5.41, 5.74) is 2.78. The highest BCUT2D eigenvalue weighted by Gasteiger charge is 2.29. The first-order valence-electron chi connectivity index (χ1n) is 10.6. The molecule has 9 nitrogen and oxygen atoms in total. The summed E-state index contributed by atoms with van der Waals surface area (Å²) in [6.45, 7) is 4.28. The molecule has 0 aromatic heterocycles. The van der Waals surface area contributed by atoms with Crippen LogP contribution in [0.2, 0.25) is 0 Å². The molecular formula is C22H27N7O2. The second-order valence-electron chi connectivity index (χ2n) is 8.02. The number of nitrogens with one attached hydrogen (secondary N) is 2. The van der Waals surface area contributed by atoms with Crippen molar-refractivity contribution in [3.05, 3.63) is 35.1 Å². The second kappa shape index (κ2) is 9.71. The number of aliphatic imine (C=N–C) groups is 3. The number of rotatable bonds is 5. The molecular weight excluding hydrogens is 394 g/mol. The Morgan fingerprint density at radius 2 is 2.42 bits per heavy atom. The van der Waals surface area contributed by atoms with Gasteiger partial charge in [0.05, 0.1) is 37.6 Å².